The van der Waals surface area contributed by atoms with Crippen molar-refractivity contribution >= 4 is 43.2 Å². The van der Waals surface area contributed by atoms with Gasteiger partial charge in [0.25, 0.3) is 0 Å². The molecule has 1 nitrogen and oxygen atoms in total. The van der Waals surface area contributed by atoms with Crippen molar-refractivity contribution in [3.05, 3.63) is 19.2 Å². The van der Waals surface area contributed by atoms with Crippen LogP contribution >= 0.6 is 43.2 Å². The number of hydrogen-bond donors (Lipinski definition) is 1. The molecule has 0 aliphatic rings. The Morgan fingerprint density at radius 2 is 2.12 bits per heavy atom. The molecule has 1 aromatic heterocycles. The fourth-order valence-corrected chi connectivity index (χ4v) is 4.14. The third kappa shape index (κ3) is 4.13. The molecule has 4 heteroatoms. The molecule has 0 aliphatic carbocycles. The quantitative estimate of drug-likeness (QED) is 0.712. The fourth-order valence-electron chi connectivity index (χ4n) is 1.92. The van der Waals surface area contributed by atoms with Gasteiger partial charge in [0.15, 0.2) is 0 Å². The third-order valence-electron chi connectivity index (χ3n) is 2.78. The molecule has 1 aromatic rings. The highest BCUT2D eigenvalue weighted by atomic mass is 79.9. The standard InChI is InChI=1S/C12H19Br2NS/c1-4-5-8(2)6-10(15-3)11-7-9(13)12(14)16-11/h7-8,10,15H,4-6H2,1-3H3. The summed E-state index contributed by atoms with van der Waals surface area (Å²) < 4.78 is 2.35. The Labute approximate surface area is 119 Å². The highest BCUT2D eigenvalue weighted by molar-refractivity contribution is 9.13. The van der Waals surface area contributed by atoms with E-state index in [2.05, 4.69) is 57.1 Å². The van der Waals surface area contributed by atoms with E-state index < -0.39 is 0 Å². The van der Waals surface area contributed by atoms with Gasteiger partial charge < -0.3 is 5.32 Å². The minimum absolute atomic E-state index is 0.481. The average Bonchev–Trinajstić information content (AvgIpc) is 2.56. The summed E-state index contributed by atoms with van der Waals surface area (Å²) in [6.45, 7) is 4.59. The van der Waals surface area contributed by atoms with Crippen LogP contribution < -0.4 is 5.32 Å². The second-order valence-electron chi connectivity index (χ2n) is 4.24. The lowest BCUT2D eigenvalue weighted by atomic mass is 9.96. The van der Waals surface area contributed by atoms with Gasteiger partial charge in [-0.15, -0.1) is 11.3 Å². The number of hydrogen-bond acceptors (Lipinski definition) is 2. The van der Waals surface area contributed by atoms with E-state index in [0.29, 0.717) is 6.04 Å². The van der Waals surface area contributed by atoms with Crippen molar-refractivity contribution in [2.24, 2.45) is 5.92 Å². The van der Waals surface area contributed by atoms with Gasteiger partial charge in [-0.1, -0.05) is 26.7 Å². The Hall–Kier alpha value is 0.620. The van der Waals surface area contributed by atoms with Crippen molar-refractivity contribution in [1.29, 1.82) is 0 Å². The molecule has 1 rings (SSSR count). The van der Waals surface area contributed by atoms with Gasteiger partial charge in [0, 0.05) is 15.4 Å². The number of thiophene rings is 1. The monoisotopic (exact) mass is 367 g/mol. The van der Waals surface area contributed by atoms with Crippen LogP contribution in [0.1, 0.15) is 44.0 Å². The summed E-state index contributed by atoms with van der Waals surface area (Å²) >= 11 is 8.92. The minimum atomic E-state index is 0.481. The predicted octanol–water partition coefficient (Wildman–Crippen LogP) is 5.36. The molecular weight excluding hydrogens is 350 g/mol. The number of rotatable bonds is 6. The third-order valence-corrected chi connectivity index (χ3v) is 6.15. The van der Waals surface area contributed by atoms with E-state index in [9.17, 15) is 0 Å². The second-order valence-corrected chi connectivity index (χ2v) is 7.50. The van der Waals surface area contributed by atoms with Crippen LogP contribution in [-0.2, 0) is 0 Å². The van der Waals surface area contributed by atoms with E-state index >= 15 is 0 Å². The minimum Gasteiger partial charge on any atom is -0.312 e. The van der Waals surface area contributed by atoms with Crippen LogP contribution in [0.5, 0.6) is 0 Å². The lowest BCUT2D eigenvalue weighted by molar-refractivity contribution is 0.410. The molecule has 0 saturated heterocycles. The molecule has 2 atom stereocenters. The average molecular weight is 369 g/mol. The van der Waals surface area contributed by atoms with Crippen molar-refractivity contribution in [2.45, 2.75) is 39.2 Å². The van der Waals surface area contributed by atoms with E-state index in [-0.39, 0.29) is 0 Å². The molecule has 1 heterocycles. The Morgan fingerprint density at radius 3 is 2.56 bits per heavy atom. The maximum Gasteiger partial charge on any atom is 0.0843 e. The molecule has 0 spiro atoms. The summed E-state index contributed by atoms with van der Waals surface area (Å²) in [5, 5.41) is 3.42. The van der Waals surface area contributed by atoms with E-state index in [1.165, 1.54) is 27.9 Å². The number of nitrogens with one attached hydrogen (secondary N) is 1. The topological polar surface area (TPSA) is 12.0 Å². The van der Waals surface area contributed by atoms with Gasteiger partial charge in [0.1, 0.15) is 0 Å². The van der Waals surface area contributed by atoms with Crippen molar-refractivity contribution in [2.75, 3.05) is 7.05 Å². The van der Waals surface area contributed by atoms with Gasteiger partial charge in [-0.3, -0.25) is 0 Å². The zero-order valence-electron chi connectivity index (χ0n) is 10.0. The Kier molecular flexibility index (Phi) is 6.55. The smallest absolute Gasteiger partial charge is 0.0843 e. The summed E-state index contributed by atoms with van der Waals surface area (Å²) in [5.41, 5.74) is 0. The predicted molar refractivity (Wildman–Crippen MR) is 80.2 cm³/mol. The number of halogens is 2. The maximum atomic E-state index is 3.55. The summed E-state index contributed by atoms with van der Waals surface area (Å²) in [6, 6.07) is 2.70. The zero-order valence-corrected chi connectivity index (χ0v) is 14.0. The van der Waals surface area contributed by atoms with E-state index in [0.717, 1.165) is 10.4 Å². The first-order valence-electron chi connectivity index (χ1n) is 5.70. The first-order chi connectivity index (χ1) is 7.58. The summed E-state index contributed by atoms with van der Waals surface area (Å²) in [4.78, 5) is 1.41. The molecule has 0 bridgehead atoms. The molecule has 0 saturated carbocycles. The lowest BCUT2D eigenvalue weighted by Gasteiger charge is -2.19. The highest BCUT2D eigenvalue weighted by Gasteiger charge is 2.16. The van der Waals surface area contributed by atoms with Crippen LogP contribution in [0.15, 0.2) is 14.3 Å². The van der Waals surface area contributed by atoms with Gasteiger partial charge in [-0.05, 0) is 57.3 Å². The molecule has 0 aliphatic heterocycles. The van der Waals surface area contributed by atoms with E-state index in [1.54, 1.807) is 0 Å². The molecule has 0 amide bonds. The van der Waals surface area contributed by atoms with Crippen molar-refractivity contribution < 1.29 is 0 Å². The Bertz CT molecular complexity index is 305. The molecular formula is C12H19Br2NS. The summed E-state index contributed by atoms with van der Waals surface area (Å²) in [7, 11) is 2.05. The van der Waals surface area contributed by atoms with Crippen LogP contribution in [0.3, 0.4) is 0 Å². The van der Waals surface area contributed by atoms with Crippen LogP contribution in [0.25, 0.3) is 0 Å². The van der Waals surface area contributed by atoms with Crippen LogP contribution in [-0.4, -0.2) is 7.05 Å². The summed E-state index contributed by atoms with van der Waals surface area (Å²) in [5.74, 6) is 0.780. The molecule has 0 aromatic carbocycles. The zero-order chi connectivity index (χ0) is 12.1. The van der Waals surface area contributed by atoms with Crippen LogP contribution in [0, 0.1) is 5.92 Å². The summed E-state index contributed by atoms with van der Waals surface area (Å²) in [6.07, 6.45) is 3.80. The molecule has 92 valence electrons. The highest BCUT2D eigenvalue weighted by Crippen LogP contribution is 2.37. The van der Waals surface area contributed by atoms with Crippen molar-refractivity contribution in [1.82, 2.24) is 5.32 Å². The van der Waals surface area contributed by atoms with Gasteiger partial charge in [0.2, 0.25) is 0 Å². The molecule has 2 unspecified atom stereocenters. The second kappa shape index (κ2) is 7.14. The Balaban J connectivity index is 2.67. The first kappa shape index (κ1) is 14.7. The molecule has 16 heavy (non-hydrogen) atoms. The molecule has 0 fully saturated rings. The van der Waals surface area contributed by atoms with Gasteiger partial charge in [-0.25, -0.2) is 0 Å². The normalized spacial score (nSPS) is 15.1. The molecule has 0 radical (unpaired) electrons. The molecule has 1 N–H and O–H groups in total. The van der Waals surface area contributed by atoms with Crippen molar-refractivity contribution in [3.63, 3.8) is 0 Å². The van der Waals surface area contributed by atoms with Gasteiger partial charge in [0.05, 0.1) is 3.79 Å². The largest absolute Gasteiger partial charge is 0.312 e. The van der Waals surface area contributed by atoms with E-state index in [4.69, 9.17) is 0 Å². The maximum absolute atomic E-state index is 3.55. The first-order valence-corrected chi connectivity index (χ1v) is 8.10. The Morgan fingerprint density at radius 1 is 1.44 bits per heavy atom. The van der Waals surface area contributed by atoms with E-state index in [1.807, 2.05) is 18.4 Å². The van der Waals surface area contributed by atoms with Crippen LogP contribution in [0.2, 0.25) is 0 Å². The van der Waals surface area contributed by atoms with Gasteiger partial charge in [-0.2, -0.15) is 0 Å². The van der Waals surface area contributed by atoms with Crippen LogP contribution in [0.4, 0.5) is 0 Å². The fraction of sp³-hybridized carbons (Fsp3) is 0.667. The SMILES string of the molecule is CCCC(C)CC(NC)c1cc(Br)c(Br)s1. The lowest BCUT2D eigenvalue weighted by Crippen LogP contribution is -2.18. The van der Waals surface area contributed by atoms with Gasteiger partial charge >= 0.3 is 0 Å². The van der Waals surface area contributed by atoms with Crippen molar-refractivity contribution in [3.8, 4) is 0 Å².